The lowest BCUT2D eigenvalue weighted by atomic mass is 10.1. The number of carbonyl (C=O) groups excluding carboxylic acids is 2. The number of hydrogen-bond donors (Lipinski definition) is 1. The minimum absolute atomic E-state index is 0.00181. The van der Waals surface area contributed by atoms with Gasteiger partial charge in [0.05, 0.1) is 12.9 Å². The van der Waals surface area contributed by atoms with Gasteiger partial charge < -0.3 is 10.1 Å². The molecule has 2 aromatic carbocycles. The fourth-order valence-electron chi connectivity index (χ4n) is 3.06. The predicted molar refractivity (Wildman–Crippen MR) is 110 cm³/mol. The van der Waals surface area contributed by atoms with Crippen LogP contribution in [0, 0.1) is 5.92 Å². The summed E-state index contributed by atoms with van der Waals surface area (Å²) >= 11 is 1.58. The topological polar surface area (TPSA) is 58.6 Å². The van der Waals surface area contributed by atoms with Crippen molar-refractivity contribution >= 4 is 35.0 Å². The van der Waals surface area contributed by atoms with Crippen LogP contribution in [0.25, 0.3) is 0 Å². The van der Waals surface area contributed by atoms with Crippen molar-refractivity contribution in [1.29, 1.82) is 0 Å². The fraction of sp³-hybridized carbons (Fsp3) is 0.333. The molecule has 6 heteroatoms. The quantitative estimate of drug-likeness (QED) is 0.799. The second-order valence-corrected chi connectivity index (χ2v) is 7.97. The summed E-state index contributed by atoms with van der Waals surface area (Å²) in [6.45, 7) is 4.03. The van der Waals surface area contributed by atoms with Gasteiger partial charge >= 0.3 is 0 Å². The molecule has 0 radical (unpaired) electrons. The van der Waals surface area contributed by atoms with Crippen LogP contribution in [-0.4, -0.2) is 24.7 Å². The van der Waals surface area contributed by atoms with Crippen LogP contribution in [0.2, 0.25) is 0 Å². The minimum Gasteiger partial charge on any atom is -0.497 e. The van der Waals surface area contributed by atoms with E-state index in [1.54, 1.807) is 23.8 Å². The molecule has 1 aliphatic rings. The lowest BCUT2D eigenvalue weighted by Gasteiger charge is -2.25. The first kappa shape index (κ1) is 19.3. The molecule has 1 N–H and O–H groups in total. The molecular formula is C21H24N2O3S. The van der Waals surface area contributed by atoms with Gasteiger partial charge in [0.2, 0.25) is 11.8 Å². The number of thioether (sulfide) groups is 1. The summed E-state index contributed by atoms with van der Waals surface area (Å²) < 4.78 is 5.29. The average Bonchev–Trinajstić information content (AvgIpc) is 3.03. The molecule has 0 spiro atoms. The number of hydrogen-bond acceptors (Lipinski definition) is 4. The molecule has 1 fully saturated rings. The Balaban J connectivity index is 1.85. The van der Waals surface area contributed by atoms with Crippen molar-refractivity contribution in [2.24, 2.45) is 5.92 Å². The zero-order chi connectivity index (χ0) is 19.4. The number of benzene rings is 2. The maximum Gasteiger partial charge on any atom is 0.238 e. The first-order valence-corrected chi connectivity index (χ1v) is 10.0. The van der Waals surface area contributed by atoms with E-state index in [4.69, 9.17) is 4.74 Å². The van der Waals surface area contributed by atoms with E-state index in [1.165, 1.54) is 0 Å². The van der Waals surface area contributed by atoms with Crippen molar-refractivity contribution in [2.45, 2.75) is 25.6 Å². The van der Waals surface area contributed by atoms with E-state index in [9.17, 15) is 9.59 Å². The van der Waals surface area contributed by atoms with Crippen LogP contribution in [0.5, 0.6) is 5.75 Å². The van der Waals surface area contributed by atoms with E-state index >= 15 is 0 Å². The highest BCUT2D eigenvalue weighted by molar-refractivity contribution is 8.00. The van der Waals surface area contributed by atoms with Crippen LogP contribution >= 0.6 is 11.8 Å². The summed E-state index contributed by atoms with van der Waals surface area (Å²) in [7, 11) is 1.61. The number of amides is 2. The molecule has 2 amide bonds. The molecule has 2 aromatic rings. The van der Waals surface area contributed by atoms with Gasteiger partial charge in [-0.25, -0.2) is 0 Å². The first-order valence-electron chi connectivity index (χ1n) is 8.95. The molecule has 0 saturated carbocycles. The summed E-state index contributed by atoms with van der Waals surface area (Å²) in [4.78, 5) is 26.4. The van der Waals surface area contributed by atoms with Gasteiger partial charge in [0.1, 0.15) is 11.1 Å². The summed E-state index contributed by atoms with van der Waals surface area (Å²) in [6, 6.07) is 15.2. The first-order chi connectivity index (χ1) is 13.0. The highest BCUT2D eigenvalue weighted by Gasteiger charge is 2.34. The number of anilines is 2. The van der Waals surface area contributed by atoms with Crippen LogP contribution in [0.15, 0.2) is 48.5 Å². The normalized spacial score (nSPS) is 16.7. The molecule has 0 aromatic heterocycles. The zero-order valence-electron chi connectivity index (χ0n) is 15.8. The van der Waals surface area contributed by atoms with Crippen molar-refractivity contribution in [3.8, 4) is 5.75 Å². The Bertz CT molecular complexity index is 838. The third-order valence-electron chi connectivity index (χ3n) is 4.25. The van der Waals surface area contributed by atoms with Crippen LogP contribution in [0.1, 0.15) is 31.2 Å². The van der Waals surface area contributed by atoms with E-state index in [0.717, 1.165) is 16.9 Å². The van der Waals surface area contributed by atoms with Gasteiger partial charge in [-0.05, 0) is 35.7 Å². The Hall–Kier alpha value is -2.47. The third-order valence-corrected chi connectivity index (χ3v) is 5.46. The number of nitrogens with zero attached hydrogens (tertiary/aromatic N) is 1. The highest BCUT2D eigenvalue weighted by atomic mass is 32.2. The van der Waals surface area contributed by atoms with Crippen molar-refractivity contribution in [3.05, 3.63) is 54.1 Å². The second kappa shape index (κ2) is 8.48. The molecule has 5 nitrogen and oxygen atoms in total. The number of ether oxygens (including phenoxy) is 1. The lowest BCUT2D eigenvalue weighted by molar-refractivity contribution is -0.117. The molecule has 142 valence electrons. The number of methoxy groups -OCH3 is 1. The van der Waals surface area contributed by atoms with Gasteiger partial charge in [-0.3, -0.25) is 14.5 Å². The zero-order valence-corrected chi connectivity index (χ0v) is 16.6. The van der Waals surface area contributed by atoms with E-state index in [0.29, 0.717) is 23.8 Å². The number of nitrogens with one attached hydrogen (secondary N) is 1. The standard InChI is InChI=1S/C21H24N2O3S/c1-14(2)10-19(24)22-16-7-4-6-15(11-16)21-23(20(25)13-27-21)17-8-5-9-18(12-17)26-3/h4-9,11-12,14,21H,10,13H2,1-3H3,(H,22,24)/t21-/m0/s1. The summed E-state index contributed by atoms with van der Waals surface area (Å²) in [5.41, 5.74) is 2.54. The highest BCUT2D eigenvalue weighted by Crippen LogP contribution is 2.42. The molecule has 1 heterocycles. The molecule has 27 heavy (non-hydrogen) atoms. The molecule has 1 saturated heterocycles. The largest absolute Gasteiger partial charge is 0.497 e. The molecule has 0 unspecified atom stereocenters. The summed E-state index contributed by atoms with van der Waals surface area (Å²) in [5.74, 6) is 1.51. The third kappa shape index (κ3) is 4.63. The van der Waals surface area contributed by atoms with Gasteiger partial charge in [0.25, 0.3) is 0 Å². The van der Waals surface area contributed by atoms with Gasteiger partial charge in [0.15, 0.2) is 0 Å². The van der Waals surface area contributed by atoms with Crippen molar-refractivity contribution in [1.82, 2.24) is 0 Å². The number of rotatable bonds is 6. The Morgan fingerprint density at radius 3 is 2.78 bits per heavy atom. The maximum absolute atomic E-state index is 12.5. The van der Waals surface area contributed by atoms with E-state index in [-0.39, 0.29) is 17.2 Å². The van der Waals surface area contributed by atoms with Crippen LogP contribution < -0.4 is 15.0 Å². The van der Waals surface area contributed by atoms with Crippen molar-refractivity contribution < 1.29 is 14.3 Å². The van der Waals surface area contributed by atoms with Crippen LogP contribution in [0.3, 0.4) is 0 Å². The number of carbonyl (C=O) groups is 2. The molecule has 3 rings (SSSR count). The molecule has 1 aliphatic heterocycles. The Labute approximate surface area is 164 Å². The molecule has 0 bridgehead atoms. The van der Waals surface area contributed by atoms with Gasteiger partial charge in [0, 0.05) is 23.9 Å². The Morgan fingerprint density at radius 2 is 2.04 bits per heavy atom. The van der Waals surface area contributed by atoms with Gasteiger partial charge in [-0.2, -0.15) is 0 Å². The summed E-state index contributed by atoms with van der Waals surface area (Å²) in [6.07, 6.45) is 0.483. The maximum atomic E-state index is 12.5. The van der Waals surface area contributed by atoms with Crippen LogP contribution in [-0.2, 0) is 9.59 Å². The van der Waals surface area contributed by atoms with Crippen molar-refractivity contribution in [2.75, 3.05) is 23.1 Å². The lowest BCUT2D eigenvalue weighted by Crippen LogP contribution is -2.27. The second-order valence-electron chi connectivity index (χ2n) is 6.90. The Morgan fingerprint density at radius 1 is 1.26 bits per heavy atom. The van der Waals surface area contributed by atoms with Crippen LogP contribution in [0.4, 0.5) is 11.4 Å². The molecular weight excluding hydrogens is 360 g/mol. The van der Waals surface area contributed by atoms with Gasteiger partial charge in [-0.1, -0.05) is 32.0 Å². The molecule has 1 atom stereocenters. The van der Waals surface area contributed by atoms with E-state index in [2.05, 4.69) is 5.32 Å². The fourth-order valence-corrected chi connectivity index (χ4v) is 4.23. The molecule has 0 aliphatic carbocycles. The average molecular weight is 385 g/mol. The predicted octanol–water partition coefficient (Wildman–Crippen LogP) is 4.46. The monoisotopic (exact) mass is 384 g/mol. The van der Waals surface area contributed by atoms with E-state index < -0.39 is 0 Å². The SMILES string of the molecule is COc1cccc(N2C(=O)CS[C@H]2c2cccc(NC(=O)CC(C)C)c2)c1. The Kier molecular flexibility index (Phi) is 6.06. The van der Waals surface area contributed by atoms with Gasteiger partial charge in [-0.15, -0.1) is 11.8 Å². The van der Waals surface area contributed by atoms with Crippen molar-refractivity contribution in [3.63, 3.8) is 0 Å². The van der Waals surface area contributed by atoms with E-state index in [1.807, 2.05) is 62.4 Å². The minimum atomic E-state index is -0.133. The summed E-state index contributed by atoms with van der Waals surface area (Å²) in [5, 5.41) is 2.82. The smallest absolute Gasteiger partial charge is 0.238 e.